The third-order valence-corrected chi connectivity index (χ3v) is 5.30. The molecule has 2 aromatic rings. The van der Waals surface area contributed by atoms with Gasteiger partial charge in [0.2, 0.25) is 5.95 Å². The van der Waals surface area contributed by atoms with Gasteiger partial charge in [-0.05, 0) is 71.3 Å². The number of fused-ring (bicyclic) bond motifs is 1. The number of benzene rings is 1. The molecule has 1 heterocycles. The lowest BCUT2D eigenvalue weighted by Crippen LogP contribution is -2.22. The Bertz CT molecular complexity index is 798. The van der Waals surface area contributed by atoms with Crippen LogP contribution < -0.4 is 9.64 Å². The number of anilines is 1. The molecule has 0 radical (unpaired) electrons. The topological polar surface area (TPSA) is 64.6 Å². The van der Waals surface area contributed by atoms with Crippen molar-refractivity contribution in [2.24, 2.45) is 0 Å². The predicted octanol–water partition coefficient (Wildman–Crippen LogP) is 4.13. The van der Waals surface area contributed by atoms with E-state index in [2.05, 4.69) is 38.0 Å². The van der Waals surface area contributed by atoms with Gasteiger partial charge in [0, 0.05) is 26.0 Å². The van der Waals surface area contributed by atoms with E-state index in [0.29, 0.717) is 25.6 Å². The highest BCUT2D eigenvalue weighted by Gasteiger charge is 2.25. The molecule has 0 N–H and O–H groups in total. The Hall–Kier alpha value is -2.15. The van der Waals surface area contributed by atoms with Crippen LogP contribution in [0.5, 0.6) is 5.75 Å². The van der Waals surface area contributed by atoms with E-state index in [4.69, 9.17) is 9.47 Å². The van der Waals surface area contributed by atoms with Crippen molar-refractivity contribution in [2.45, 2.75) is 38.5 Å². The van der Waals surface area contributed by atoms with Gasteiger partial charge >= 0.3 is 5.97 Å². The van der Waals surface area contributed by atoms with E-state index < -0.39 is 0 Å². The quantitative estimate of drug-likeness (QED) is 0.425. The third kappa shape index (κ3) is 5.44. The lowest BCUT2D eigenvalue weighted by Gasteiger charge is -2.17. The average molecular weight is 448 g/mol. The smallest absolute Gasteiger partial charge is 0.306 e. The zero-order chi connectivity index (χ0) is 19.9. The summed E-state index contributed by atoms with van der Waals surface area (Å²) in [6, 6.07) is 6.22. The minimum absolute atomic E-state index is 0.112. The van der Waals surface area contributed by atoms with Crippen LogP contribution in [0.3, 0.4) is 0 Å². The summed E-state index contributed by atoms with van der Waals surface area (Å²) in [7, 11) is 1.97. The van der Waals surface area contributed by atoms with Gasteiger partial charge in [-0.1, -0.05) is 6.07 Å². The van der Waals surface area contributed by atoms with Gasteiger partial charge < -0.3 is 14.4 Å². The minimum Gasteiger partial charge on any atom is -0.494 e. The number of ether oxygens (including phenoxy) is 2. The normalized spacial score (nSPS) is 15.2. The largest absolute Gasteiger partial charge is 0.494 e. The highest BCUT2D eigenvalue weighted by molar-refractivity contribution is 9.10. The SMILES string of the molecule is CCOC(=O)C[C@@H]1CCc2cc(OCCCN(C)c3ncc(Br)cn3)ccc21. The Morgan fingerprint density at radius 1 is 1.32 bits per heavy atom. The zero-order valence-electron chi connectivity index (χ0n) is 16.4. The molecule has 6 nitrogen and oxygen atoms in total. The fourth-order valence-electron chi connectivity index (χ4n) is 3.50. The predicted molar refractivity (Wildman–Crippen MR) is 112 cm³/mol. The van der Waals surface area contributed by atoms with E-state index in [1.54, 1.807) is 12.4 Å². The summed E-state index contributed by atoms with van der Waals surface area (Å²) in [4.78, 5) is 22.3. The molecule has 0 fully saturated rings. The molecule has 1 atom stereocenters. The van der Waals surface area contributed by atoms with E-state index in [1.807, 2.05) is 24.9 Å². The van der Waals surface area contributed by atoms with Crippen molar-refractivity contribution in [1.82, 2.24) is 9.97 Å². The average Bonchev–Trinajstić information content (AvgIpc) is 3.08. The number of halogens is 1. The van der Waals surface area contributed by atoms with Crippen LogP contribution >= 0.6 is 15.9 Å². The number of rotatable bonds is 9. The number of aryl methyl sites for hydroxylation is 1. The molecule has 0 aliphatic heterocycles. The molecule has 0 unspecified atom stereocenters. The summed E-state index contributed by atoms with van der Waals surface area (Å²) in [6.07, 6.45) is 6.81. The monoisotopic (exact) mass is 447 g/mol. The molecule has 7 heteroatoms. The number of esters is 1. The van der Waals surface area contributed by atoms with Crippen molar-refractivity contribution in [3.05, 3.63) is 46.2 Å². The van der Waals surface area contributed by atoms with E-state index in [9.17, 15) is 4.79 Å². The van der Waals surface area contributed by atoms with Crippen molar-refractivity contribution in [2.75, 3.05) is 31.7 Å². The second-order valence-electron chi connectivity index (χ2n) is 6.93. The summed E-state index contributed by atoms with van der Waals surface area (Å²) >= 11 is 3.34. The number of hydrogen-bond donors (Lipinski definition) is 0. The molecule has 0 spiro atoms. The molecule has 1 aliphatic rings. The maximum Gasteiger partial charge on any atom is 0.306 e. The molecule has 0 bridgehead atoms. The van der Waals surface area contributed by atoms with Gasteiger partial charge in [-0.2, -0.15) is 0 Å². The van der Waals surface area contributed by atoms with Crippen LogP contribution in [0.1, 0.15) is 43.2 Å². The maximum absolute atomic E-state index is 11.8. The lowest BCUT2D eigenvalue weighted by atomic mass is 9.98. The molecule has 0 saturated carbocycles. The van der Waals surface area contributed by atoms with E-state index >= 15 is 0 Å². The Morgan fingerprint density at radius 3 is 2.86 bits per heavy atom. The van der Waals surface area contributed by atoms with Crippen LogP contribution in [0, 0.1) is 0 Å². The first-order valence-electron chi connectivity index (χ1n) is 9.66. The first-order valence-corrected chi connectivity index (χ1v) is 10.5. The standard InChI is InChI=1S/C21H26BrN3O3/c1-3-27-20(26)12-16-6-5-15-11-18(7-8-19(15)16)28-10-4-9-25(2)21-23-13-17(22)14-24-21/h7-8,11,13-14,16H,3-6,9-10,12H2,1-2H3/t16-/m0/s1. The highest BCUT2D eigenvalue weighted by Crippen LogP contribution is 2.37. The van der Waals surface area contributed by atoms with E-state index in [1.165, 1.54) is 11.1 Å². The van der Waals surface area contributed by atoms with Gasteiger partial charge in [-0.15, -0.1) is 0 Å². The van der Waals surface area contributed by atoms with Gasteiger partial charge in [0.15, 0.2) is 0 Å². The van der Waals surface area contributed by atoms with Gasteiger partial charge in [0.1, 0.15) is 5.75 Å². The molecule has 150 valence electrons. The Balaban J connectivity index is 1.46. The van der Waals surface area contributed by atoms with Gasteiger partial charge in [-0.25, -0.2) is 9.97 Å². The molecule has 0 saturated heterocycles. The van der Waals surface area contributed by atoms with Crippen LogP contribution in [0.2, 0.25) is 0 Å². The van der Waals surface area contributed by atoms with Crippen molar-refractivity contribution < 1.29 is 14.3 Å². The number of aromatic nitrogens is 2. The molecule has 3 rings (SSSR count). The van der Waals surface area contributed by atoms with Crippen LogP contribution in [0.4, 0.5) is 5.95 Å². The molecule has 1 aliphatic carbocycles. The number of carbonyl (C=O) groups excluding carboxylic acids is 1. The van der Waals surface area contributed by atoms with Gasteiger partial charge in [0.25, 0.3) is 0 Å². The summed E-state index contributed by atoms with van der Waals surface area (Å²) in [6.45, 7) is 3.72. The third-order valence-electron chi connectivity index (χ3n) is 4.89. The number of nitrogens with zero attached hydrogens (tertiary/aromatic N) is 3. The summed E-state index contributed by atoms with van der Waals surface area (Å²) < 4.78 is 11.9. The van der Waals surface area contributed by atoms with Crippen LogP contribution in [-0.4, -0.2) is 42.7 Å². The molecular weight excluding hydrogens is 422 g/mol. The first kappa shape index (κ1) is 20.6. The second kappa shape index (κ2) is 9.87. The van der Waals surface area contributed by atoms with Crippen molar-refractivity contribution in [1.29, 1.82) is 0 Å². The van der Waals surface area contributed by atoms with Crippen molar-refractivity contribution >= 4 is 27.8 Å². The molecule has 1 aromatic heterocycles. The van der Waals surface area contributed by atoms with Crippen LogP contribution in [0.15, 0.2) is 35.1 Å². The molecular formula is C21H26BrN3O3. The number of hydrogen-bond acceptors (Lipinski definition) is 6. The second-order valence-corrected chi connectivity index (χ2v) is 7.85. The number of carbonyl (C=O) groups is 1. The fraction of sp³-hybridized carbons (Fsp3) is 0.476. The Kier molecular flexibility index (Phi) is 7.25. The summed E-state index contributed by atoms with van der Waals surface area (Å²) in [5, 5.41) is 0. The fourth-order valence-corrected chi connectivity index (χ4v) is 3.70. The molecule has 1 aromatic carbocycles. The Labute approximate surface area is 174 Å². The van der Waals surface area contributed by atoms with E-state index in [-0.39, 0.29) is 11.9 Å². The van der Waals surface area contributed by atoms with Gasteiger partial charge in [0.05, 0.1) is 24.1 Å². The highest BCUT2D eigenvalue weighted by atomic mass is 79.9. The molecule has 28 heavy (non-hydrogen) atoms. The van der Waals surface area contributed by atoms with Gasteiger partial charge in [-0.3, -0.25) is 4.79 Å². The first-order chi connectivity index (χ1) is 13.6. The van der Waals surface area contributed by atoms with Crippen LogP contribution in [-0.2, 0) is 16.0 Å². The minimum atomic E-state index is -0.112. The summed E-state index contributed by atoms with van der Waals surface area (Å²) in [5.74, 6) is 1.74. The summed E-state index contributed by atoms with van der Waals surface area (Å²) in [5.41, 5.74) is 2.54. The zero-order valence-corrected chi connectivity index (χ0v) is 17.9. The Morgan fingerprint density at radius 2 is 2.11 bits per heavy atom. The van der Waals surface area contributed by atoms with E-state index in [0.717, 1.165) is 36.0 Å². The van der Waals surface area contributed by atoms with Crippen LogP contribution in [0.25, 0.3) is 0 Å². The van der Waals surface area contributed by atoms with Crippen molar-refractivity contribution in [3.8, 4) is 5.75 Å². The molecule has 0 amide bonds. The lowest BCUT2D eigenvalue weighted by molar-refractivity contribution is -0.143. The maximum atomic E-state index is 11.8. The van der Waals surface area contributed by atoms with Crippen molar-refractivity contribution in [3.63, 3.8) is 0 Å².